The number of hydrogen-bond donors (Lipinski definition) is 0. The van der Waals surface area contributed by atoms with Gasteiger partial charge in [0.15, 0.2) is 5.65 Å². The van der Waals surface area contributed by atoms with Crippen molar-refractivity contribution in [1.82, 2.24) is 19.5 Å². The molecule has 0 radical (unpaired) electrons. The number of piperidine rings is 1. The van der Waals surface area contributed by atoms with Gasteiger partial charge in [0, 0.05) is 11.6 Å². The van der Waals surface area contributed by atoms with Gasteiger partial charge in [0.05, 0.1) is 0 Å². The Balaban J connectivity index is 1.91. The number of nitrogens with zero attached hydrogens (tertiary/aromatic N) is 4. The van der Waals surface area contributed by atoms with Crippen LogP contribution in [0.5, 0.6) is 0 Å². The zero-order chi connectivity index (χ0) is 12.5. The Morgan fingerprint density at radius 2 is 2.00 bits per heavy atom. The summed E-state index contributed by atoms with van der Waals surface area (Å²) in [6, 6.07) is 6.20. The highest BCUT2D eigenvalue weighted by molar-refractivity contribution is 5.40. The molecule has 0 amide bonds. The van der Waals surface area contributed by atoms with Gasteiger partial charge in [-0.3, -0.25) is 4.40 Å². The topological polar surface area (TPSA) is 33.4 Å². The molecular weight excluding hydrogens is 224 g/mol. The van der Waals surface area contributed by atoms with E-state index in [1.807, 2.05) is 12.1 Å². The summed E-state index contributed by atoms with van der Waals surface area (Å²) in [5.41, 5.74) is 2.20. The second kappa shape index (κ2) is 4.69. The quantitative estimate of drug-likeness (QED) is 0.812. The van der Waals surface area contributed by atoms with Gasteiger partial charge in [-0.25, -0.2) is 0 Å². The Kier molecular flexibility index (Phi) is 3.04. The number of likely N-dealkylation sites (tertiary alicyclic amines) is 1. The van der Waals surface area contributed by atoms with Crippen LogP contribution in [-0.2, 0) is 0 Å². The molecule has 18 heavy (non-hydrogen) atoms. The van der Waals surface area contributed by atoms with Gasteiger partial charge >= 0.3 is 0 Å². The summed E-state index contributed by atoms with van der Waals surface area (Å²) in [6.45, 7) is 7.88. The van der Waals surface area contributed by atoms with Crippen molar-refractivity contribution in [3.63, 3.8) is 0 Å². The van der Waals surface area contributed by atoms with Crippen molar-refractivity contribution >= 4 is 5.65 Å². The highest BCUT2D eigenvalue weighted by atomic mass is 15.3. The minimum atomic E-state index is 0.559. The van der Waals surface area contributed by atoms with Crippen LogP contribution in [0.1, 0.15) is 37.2 Å². The molecule has 0 N–H and O–H groups in total. The van der Waals surface area contributed by atoms with Crippen LogP contribution in [0.3, 0.4) is 0 Å². The summed E-state index contributed by atoms with van der Waals surface area (Å²) < 4.78 is 2.21. The Bertz CT molecular complexity index is 538. The van der Waals surface area contributed by atoms with E-state index in [-0.39, 0.29) is 0 Å². The molecule has 0 aromatic carbocycles. The molecule has 1 saturated heterocycles. The zero-order valence-electron chi connectivity index (χ0n) is 11.1. The monoisotopic (exact) mass is 244 g/mol. The fraction of sp³-hybridized carbons (Fsp3) is 0.571. The van der Waals surface area contributed by atoms with Gasteiger partial charge in [-0.1, -0.05) is 13.0 Å². The first-order chi connectivity index (χ1) is 8.79. The lowest BCUT2D eigenvalue weighted by atomic mass is 9.96. The van der Waals surface area contributed by atoms with Crippen molar-refractivity contribution in [2.45, 2.75) is 32.6 Å². The molecule has 0 aliphatic carbocycles. The van der Waals surface area contributed by atoms with Gasteiger partial charge in [0.2, 0.25) is 0 Å². The molecule has 0 unspecified atom stereocenters. The second-order valence-corrected chi connectivity index (χ2v) is 5.13. The molecule has 4 heteroatoms. The Labute approximate surface area is 108 Å². The summed E-state index contributed by atoms with van der Waals surface area (Å²) in [5.74, 6) is 1.71. The number of pyridine rings is 1. The van der Waals surface area contributed by atoms with Crippen LogP contribution in [0.4, 0.5) is 0 Å². The molecule has 1 aliphatic heterocycles. The number of hydrogen-bond acceptors (Lipinski definition) is 3. The average molecular weight is 244 g/mol. The SMILES string of the molecule is CCN1CCC(c2nnc3cccc(C)n23)CC1. The predicted octanol–water partition coefficient (Wildman–Crippen LogP) is 2.24. The maximum atomic E-state index is 4.43. The first-order valence-electron chi connectivity index (χ1n) is 6.82. The van der Waals surface area contributed by atoms with Crippen molar-refractivity contribution in [2.24, 2.45) is 0 Å². The van der Waals surface area contributed by atoms with Gasteiger partial charge in [-0.15, -0.1) is 10.2 Å². The Hall–Kier alpha value is -1.42. The van der Waals surface area contributed by atoms with E-state index in [2.05, 4.69) is 39.4 Å². The molecular formula is C14H20N4. The van der Waals surface area contributed by atoms with Gasteiger partial charge in [0.25, 0.3) is 0 Å². The molecule has 3 rings (SSSR count). The predicted molar refractivity (Wildman–Crippen MR) is 71.8 cm³/mol. The number of aryl methyl sites for hydroxylation is 1. The zero-order valence-corrected chi connectivity index (χ0v) is 11.1. The van der Waals surface area contributed by atoms with E-state index in [4.69, 9.17) is 0 Å². The Morgan fingerprint density at radius 1 is 1.22 bits per heavy atom. The van der Waals surface area contributed by atoms with Crippen molar-refractivity contribution in [2.75, 3.05) is 19.6 Å². The van der Waals surface area contributed by atoms with Crippen molar-refractivity contribution in [1.29, 1.82) is 0 Å². The average Bonchev–Trinajstić information content (AvgIpc) is 2.84. The van der Waals surface area contributed by atoms with Gasteiger partial charge in [0.1, 0.15) is 5.82 Å². The van der Waals surface area contributed by atoms with Crippen LogP contribution in [0, 0.1) is 6.92 Å². The molecule has 0 bridgehead atoms. The van der Waals surface area contributed by atoms with Crippen LogP contribution in [0.2, 0.25) is 0 Å². The number of rotatable bonds is 2. The Morgan fingerprint density at radius 3 is 2.72 bits per heavy atom. The van der Waals surface area contributed by atoms with Crippen LogP contribution in [0.15, 0.2) is 18.2 Å². The van der Waals surface area contributed by atoms with Crippen molar-refractivity contribution in [3.05, 3.63) is 29.7 Å². The normalized spacial score (nSPS) is 18.6. The molecule has 3 heterocycles. The number of fused-ring (bicyclic) bond motifs is 1. The highest BCUT2D eigenvalue weighted by Gasteiger charge is 2.24. The van der Waals surface area contributed by atoms with E-state index in [1.54, 1.807) is 0 Å². The highest BCUT2D eigenvalue weighted by Crippen LogP contribution is 2.27. The maximum absolute atomic E-state index is 4.43. The van der Waals surface area contributed by atoms with E-state index in [1.165, 1.54) is 31.6 Å². The van der Waals surface area contributed by atoms with E-state index < -0.39 is 0 Å². The van der Waals surface area contributed by atoms with E-state index >= 15 is 0 Å². The third-order valence-corrected chi connectivity index (χ3v) is 4.05. The van der Waals surface area contributed by atoms with Gasteiger partial charge < -0.3 is 4.90 Å². The summed E-state index contributed by atoms with van der Waals surface area (Å²) in [5, 5.41) is 8.72. The van der Waals surface area contributed by atoms with Crippen LogP contribution < -0.4 is 0 Å². The van der Waals surface area contributed by atoms with Crippen LogP contribution in [0.25, 0.3) is 5.65 Å². The van der Waals surface area contributed by atoms with E-state index in [0.717, 1.165) is 18.0 Å². The lowest BCUT2D eigenvalue weighted by Crippen LogP contribution is -2.33. The molecule has 4 nitrogen and oxygen atoms in total. The molecule has 2 aromatic heterocycles. The minimum absolute atomic E-state index is 0.559. The summed E-state index contributed by atoms with van der Waals surface area (Å²) in [6.07, 6.45) is 2.39. The van der Waals surface area contributed by atoms with Crippen LogP contribution in [-0.4, -0.2) is 39.1 Å². The third-order valence-electron chi connectivity index (χ3n) is 4.05. The van der Waals surface area contributed by atoms with Gasteiger partial charge in [-0.05, 0) is 51.5 Å². The molecule has 0 atom stereocenters. The van der Waals surface area contributed by atoms with Gasteiger partial charge in [-0.2, -0.15) is 0 Å². The number of aromatic nitrogens is 3. The largest absolute Gasteiger partial charge is 0.304 e. The van der Waals surface area contributed by atoms with E-state index in [9.17, 15) is 0 Å². The first kappa shape index (κ1) is 11.7. The smallest absolute Gasteiger partial charge is 0.160 e. The molecule has 1 aliphatic rings. The summed E-state index contributed by atoms with van der Waals surface area (Å²) in [7, 11) is 0. The lowest BCUT2D eigenvalue weighted by Gasteiger charge is -2.30. The molecule has 2 aromatic rings. The van der Waals surface area contributed by atoms with Crippen LogP contribution >= 0.6 is 0 Å². The summed E-state index contributed by atoms with van der Waals surface area (Å²) in [4.78, 5) is 2.51. The fourth-order valence-electron chi connectivity index (χ4n) is 2.90. The third kappa shape index (κ3) is 1.90. The fourth-order valence-corrected chi connectivity index (χ4v) is 2.90. The molecule has 0 saturated carbocycles. The molecule has 96 valence electrons. The maximum Gasteiger partial charge on any atom is 0.160 e. The second-order valence-electron chi connectivity index (χ2n) is 5.13. The molecule has 0 spiro atoms. The first-order valence-corrected chi connectivity index (χ1v) is 6.82. The minimum Gasteiger partial charge on any atom is -0.304 e. The lowest BCUT2D eigenvalue weighted by molar-refractivity contribution is 0.218. The molecule has 1 fully saturated rings. The summed E-state index contributed by atoms with van der Waals surface area (Å²) >= 11 is 0. The van der Waals surface area contributed by atoms with Crippen molar-refractivity contribution in [3.8, 4) is 0 Å². The van der Waals surface area contributed by atoms with Crippen molar-refractivity contribution < 1.29 is 0 Å². The standard InChI is InChI=1S/C14H20N4/c1-3-17-9-7-12(8-10-17)14-16-15-13-6-4-5-11(2)18(13)14/h4-6,12H,3,7-10H2,1-2H3. The van der Waals surface area contributed by atoms with E-state index in [0.29, 0.717) is 5.92 Å².